The summed E-state index contributed by atoms with van der Waals surface area (Å²) in [4.78, 5) is 13.5. The second-order valence-corrected chi connectivity index (χ2v) is 7.84. The summed E-state index contributed by atoms with van der Waals surface area (Å²) in [5, 5.41) is 0.205. The zero-order valence-electron chi connectivity index (χ0n) is 12.4. The molecule has 0 fully saturated rings. The van der Waals surface area contributed by atoms with Gasteiger partial charge in [-0.15, -0.1) is 0 Å². The van der Waals surface area contributed by atoms with Gasteiger partial charge in [0.2, 0.25) is 0 Å². The van der Waals surface area contributed by atoms with Crippen molar-refractivity contribution in [2.45, 2.75) is 4.90 Å². The molecule has 0 radical (unpaired) electrons. The summed E-state index contributed by atoms with van der Waals surface area (Å²) < 4.78 is 27.8. The van der Waals surface area contributed by atoms with E-state index in [1.807, 2.05) is 0 Å². The van der Waals surface area contributed by atoms with Gasteiger partial charge in [-0.3, -0.25) is 9.52 Å². The Kier molecular flexibility index (Phi) is 5.33. The molecule has 0 heterocycles. The molecule has 0 aliphatic heterocycles. The van der Waals surface area contributed by atoms with Gasteiger partial charge in [-0.05, 0) is 46.3 Å². The fourth-order valence-corrected chi connectivity index (χ4v) is 4.15. The smallest absolute Gasteiger partial charge is 0.263 e. The molecule has 0 atom stereocenters. The quantitative estimate of drug-likeness (QED) is 0.826. The Balaban J connectivity index is 2.42. The number of anilines is 1. The van der Waals surface area contributed by atoms with Crippen molar-refractivity contribution in [3.63, 3.8) is 0 Å². The largest absolute Gasteiger partial charge is 0.345 e. The highest BCUT2D eigenvalue weighted by atomic mass is 79.9. The molecule has 0 bridgehead atoms. The van der Waals surface area contributed by atoms with Crippen molar-refractivity contribution in [3.05, 3.63) is 57.5 Å². The first-order valence-corrected chi connectivity index (χ1v) is 9.16. The second-order valence-electron chi connectivity index (χ2n) is 4.93. The number of nitrogens with zero attached hydrogens (tertiary/aromatic N) is 1. The van der Waals surface area contributed by atoms with Crippen LogP contribution in [0.15, 0.2) is 51.8 Å². The van der Waals surface area contributed by atoms with Gasteiger partial charge in [0, 0.05) is 24.1 Å². The fourth-order valence-electron chi connectivity index (χ4n) is 1.86. The minimum absolute atomic E-state index is 0.0837. The minimum Gasteiger partial charge on any atom is -0.345 e. The van der Waals surface area contributed by atoms with Gasteiger partial charge in [0.15, 0.2) is 0 Å². The van der Waals surface area contributed by atoms with Gasteiger partial charge in [-0.1, -0.05) is 23.7 Å². The van der Waals surface area contributed by atoms with Crippen molar-refractivity contribution in [1.29, 1.82) is 0 Å². The Bertz CT molecular complexity index is 854. The van der Waals surface area contributed by atoms with Crippen molar-refractivity contribution < 1.29 is 13.2 Å². The molecular formula is C15H14BrClN2O3S. The van der Waals surface area contributed by atoms with Gasteiger partial charge < -0.3 is 4.90 Å². The number of benzene rings is 2. The van der Waals surface area contributed by atoms with E-state index in [0.29, 0.717) is 10.0 Å². The third-order valence-corrected chi connectivity index (χ3v) is 5.70. The van der Waals surface area contributed by atoms with Gasteiger partial charge in [0.1, 0.15) is 4.90 Å². The molecule has 0 aliphatic rings. The lowest BCUT2D eigenvalue weighted by atomic mass is 10.2. The van der Waals surface area contributed by atoms with E-state index in [9.17, 15) is 13.2 Å². The minimum atomic E-state index is -3.84. The normalized spacial score (nSPS) is 11.1. The average molecular weight is 418 g/mol. The van der Waals surface area contributed by atoms with Crippen LogP contribution in [0.2, 0.25) is 5.02 Å². The number of hydrogen-bond acceptors (Lipinski definition) is 3. The maximum atomic E-state index is 12.5. The third-order valence-electron chi connectivity index (χ3n) is 2.99. The third kappa shape index (κ3) is 4.04. The summed E-state index contributed by atoms with van der Waals surface area (Å²) in [5.41, 5.74) is 0.486. The van der Waals surface area contributed by atoms with Crippen molar-refractivity contribution >= 4 is 49.1 Å². The molecule has 2 aromatic carbocycles. The number of sulfonamides is 1. The number of carbonyl (C=O) groups is 1. The lowest BCUT2D eigenvalue weighted by molar-refractivity contribution is 0.0827. The number of rotatable bonds is 4. The summed E-state index contributed by atoms with van der Waals surface area (Å²) in [6, 6.07) is 10.9. The Morgan fingerprint density at radius 2 is 1.83 bits per heavy atom. The predicted molar refractivity (Wildman–Crippen MR) is 94.4 cm³/mol. The number of halogens is 2. The Morgan fingerprint density at radius 1 is 1.17 bits per heavy atom. The number of carbonyl (C=O) groups excluding carboxylic acids is 1. The van der Waals surface area contributed by atoms with Crippen LogP contribution in [0.3, 0.4) is 0 Å². The van der Waals surface area contributed by atoms with Crippen molar-refractivity contribution in [2.75, 3.05) is 18.8 Å². The molecule has 0 aromatic heterocycles. The van der Waals surface area contributed by atoms with Crippen LogP contribution in [0.25, 0.3) is 0 Å². The molecule has 0 aliphatic carbocycles. The fraction of sp³-hybridized carbons (Fsp3) is 0.133. The van der Waals surface area contributed by atoms with Gasteiger partial charge in [0.25, 0.3) is 15.9 Å². The molecule has 0 spiro atoms. The molecule has 0 saturated carbocycles. The van der Waals surface area contributed by atoms with Crippen LogP contribution in [0, 0.1) is 0 Å². The summed E-state index contributed by atoms with van der Waals surface area (Å²) in [6.45, 7) is 0. The average Bonchev–Trinajstić information content (AvgIpc) is 2.48. The maximum absolute atomic E-state index is 12.5. The van der Waals surface area contributed by atoms with E-state index >= 15 is 0 Å². The standard InChI is InChI=1S/C15H14BrClN2O3S/c1-19(2)15(20)10-7-8-12(17)13(9-10)18-23(21,22)14-6-4-3-5-11(14)16/h3-9,18H,1-2H3. The lowest BCUT2D eigenvalue weighted by Crippen LogP contribution is -2.22. The van der Waals surface area contributed by atoms with Crippen molar-refractivity contribution in [1.82, 2.24) is 4.90 Å². The Hall–Kier alpha value is -1.57. The number of hydrogen-bond donors (Lipinski definition) is 1. The summed E-state index contributed by atoms with van der Waals surface area (Å²) >= 11 is 9.26. The van der Waals surface area contributed by atoms with E-state index in [-0.39, 0.29) is 21.5 Å². The maximum Gasteiger partial charge on any atom is 0.263 e. The summed E-state index contributed by atoms with van der Waals surface area (Å²) in [7, 11) is -0.610. The molecule has 122 valence electrons. The summed E-state index contributed by atoms with van der Waals surface area (Å²) in [6.07, 6.45) is 0. The highest BCUT2D eigenvalue weighted by Gasteiger charge is 2.19. The number of amides is 1. The zero-order chi connectivity index (χ0) is 17.2. The highest BCUT2D eigenvalue weighted by molar-refractivity contribution is 9.10. The second kappa shape index (κ2) is 6.90. The van der Waals surface area contributed by atoms with E-state index < -0.39 is 10.0 Å². The molecule has 2 rings (SSSR count). The zero-order valence-corrected chi connectivity index (χ0v) is 15.5. The van der Waals surface area contributed by atoms with Gasteiger partial charge in [0.05, 0.1) is 10.7 Å². The molecular weight excluding hydrogens is 404 g/mol. The topological polar surface area (TPSA) is 66.5 Å². The van der Waals surface area contributed by atoms with Crippen LogP contribution in [-0.4, -0.2) is 33.3 Å². The van der Waals surface area contributed by atoms with Crippen LogP contribution >= 0.6 is 27.5 Å². The van der Waals surface area contributed by atoms with Gasteiger partial charge >= 0.3 is 0 Å². The van der Waals surface area contributed by atoms with E-state index in [1.54, 1.807) is 38.4 Å². The molecule has 8 heteroatoms. The Labute approximate surface area is 148 Å². The van der Waals surface area contributed by atoms with Gasteiger partial charge in [-0.2, -0.15) is 0 Å². The first kappa shape index (κ1) is 17.8. The van der Waals surface area contributed by atoms with Crippen LogP contribution in [-0.2, 0) is 10.0 Å². The SMILES string of the molecule is CN(C)C(=O)c1ccc(Cl)c(NS(=O)(=O)c2ccccc2Br)c1. The monoisotopic (exact) mass is 416 g/mol. The van der Waals surface area contributed by atoms with Crippen molar-refractivity contribution in [3.8, 4) is 0 Å². The van der Waals surface area contributed by atoms with E-state index in [2.05, 4.69) is 20.7 Å². The van der Waals surface area contributed by atoms with Crippen LogP contribution in [0.1, 0.15) is 10.4 Å². The van der Waals surface area contributed by atoms with Gasteiger partial charge in [-0.25, -0.2) is 8.42 Å². The van der Waals surface area contributed by atoms with Crippen LogP contribution in [0.5, 0.6) is 0 Å². The molecule has 0 saturated heterocycles. The predicted octanol–water partition coefficient (Wildman–Crippen LogP) is 3.61. The lowest BCUT2D eigenvalue weighted by Gasteiger charge is -2.14. The first-order chi connectivity index (χ1) is 10.7. The molecule has 23 heavy (non-hydrogen) atoms. The molecule has 2 aromatic rings. The Morgan fingerprint density at radius 3 is 2.43 bits per heavy atom. The van der Waals surface area contributed by atoms with E-state index in [1.165, 1.54) is 23.1 Å². The number of nitrogens with one attached hydrogen (secondary N) is 1. The summed E-state index contributed by atoms with van der Waals surface area (Å²) in [5.74, 6) is -0.247. The van der Waals surface area contributed by atoms with Crippen molar-refractivity contribution in [2.24, 2.45) is 0 Å². The van der Waals surface area contributed by atoms with Crippen LogP contribution in [0.4, 0.5) is 5.69 Å². The van der Waals surface area contributed by atoms with E-state index in [0.717, 1.165) is 0 Å². The van der Waals surface area contributed by atoms with Crippen LogP contribution < -0.4 is 4.72 Å². The molecule has 0 unspecified atom stereocenters. The molecule has 5 nitrogen and oxygen atoms in total. The molecule has 1 N–H and O–H groups in total. The first-order valence-electron chi connectivity index (χ1n) is 6.51. The van der Waals surface area contributed by atoms with E-state index in [4.69, 9.17) is 11.6 Å². The molecule has 1 amide bonds. The highest BCUT2D eigenvalue weighted by Crippen LogP contribution is 2.28.